The molecule has 0 heterocycles. The number of nitrogens with two attached hydrogens (primary N) is 1. The molecular formula is C11H23NO4Si. The van der Waals surface area contributed by atoms with Crippen molar-refractivity contribution < 1.29 is 18.7 Å². The average Bonchev–Trinajstić information content (AvgIpc) is 2.31. The number of ketones is 1. The Kier molecular flexibility index (Phi) is 9.19. The van der Waals surface area contributed by atoms with Crippen molar-refractivity contribution in [3.05, 3.63) is 12.2 Å². The van der Waals surface area contributed by atoms with E-state index in [0.717, 1.165) is 6.04 Å². The van der Waals surface area contributed by atoms with E-state index < -0.39 is 15.8 Å². The molecule has 100 valence electrons. The number of Topliss-reactive ketones (excluding diaryl/α,β-unsaturated/α-hetero) is 1. The Morgan fingerprint density at radius 3 is 2.59 bits per heavy atom. The van der Waals surface area contributed by atoms with Crippen molar-refractivity contribution in [1.29, 1.82) is 0 Å². The van der Waals surface area contributed by atoms with Crippen LogP contribution in [0.15, 0.2) is 12.2 Å². The second-order valence-electron chi connectivity index (χ2n) is 3.88. The first kappa shape index (κ1) is 16.5. The summed E-state index contributed by atoms with van der Waals surface area (Å²) in [5, 5.41) is 0. The third-order valence-electron chi connectivity index (χ3n) is 2.29. The first-order valence-corrected chi connectivity index (χ1v) is 7.19. The Hall–Kier alpha value is -0.533. The van der Waals surface area contributed by atoms with Crippen LogP contribution in [0.25, 0.3) is 0 Å². The van der Waals surface area contributed by atoms with E-state index in [-0.39, 0.29) is 12.1 Å². The lowest BCUT2D eigenvalue weighted by Crippen LogP contribution is -2.31. The summed E-state index contributed by atoms with van der Waals surface area (Å²) in [5.74, 6) is -0.0702. The minimum atomic E-state index is -0.734. The van der Waals surface area contributed by atoms with Gasteiger partial charge in [0.1, 0.15) is 0 Å². The first-order valence-electron chi connectivity index (χ1n) is 5.61. The Bertz CT molecular complexity index is 248. The predicted molar refractivity (Wildman–Crippen MR) is 69.5 cm³/mol. The minimum Gasteiger partial charge on any atom is -0.398 e. The second-order valence-corrected chi connectivity index (χ2v) is 5.33. The van der Waals surface area contributed by atoms with E-state index in [1.165, 1.54) is 0 Å². The Morgan fingerprint density at radius 2 is 2.12 bits per heavy atom. The molecule has 17 heavy (non-hydrogen) atoms. The fourth-order valence-electron chi connectivity index (χ4n) is 1.29. The van der Waals surface area contributed by atoms with Gasteiger partial charge in [-0.25, -0.2) is 0 Å². The molecular weight excluding hydrogens is 238 g/mol. The molecule has 0 aromatic rings. The van der Waals surface area contributed by atoms with Gasteiger partial charge in [-0.05, 0) is 25.0 Å². The van der Waals surface area contributed by atoms with Crippen molar-refractivity contribution in [2.75, 3.05) is 20.8 Å². The SMILES string of the molecule is C=C(C)C(=O)C(N)CC[SiH2]OC(COC)OC. The maximum atomic E-state index is 11.4. The quantitative estimate of drug-likeness (QED) is 0.259. The van der Waals surface area contributed by atoms with Crippen molar-refractivity contribution in [2.45, 2.75) is 31.7 Å². The van der Waals surface area contributed by atoms with Crippen molar-refractivity contribution in [3.63, 3.8) is 0 Å². The van der Waals surface area contributed by atoms with Crippen LogP contribution in [0.1, 0.15) is 13.3 Å². The van der Waals surface area contributed by atoms with Gasteiger partial charge in [0, 0.05) is 14.2 Å². The van der Waals surface area contributed by atoms with E-state index in [4.69, 9.17) is 19.6 Å². The van der Waals surface area contributed by atoms with E-state index in [2.05, 4.69) is 6.58 Å². The van der Waals surface area contributed by atoms with Crippen molar-refractivity contribution >= 4 is 15.5 Å². The molecule has 0 aliphatic heterocycles. The van der Waals surface area contributed by atoms with Gasteiger partial charge in [0.25, 0.3) is 0 Å². The van der Waals surface area contributed by atoms with E-state index in [1.54, 1.807) is 21.1 Å². The monoisotopic (exact) mass is 261 g/mol. The summed E-state index contributed by atoms with van der Waals surface area (Å²) in [6, 6.07) is 0.385. The van der Waals surface area contributed by atoms with Gasteiger partial charge in [0.2, 0.25) is 0 Å². The zero-order chi connectivity index (χ0) is 13.3. The van der Waals surface area contributed by atoms with Crippen LogP contribution in [0.4, 0.5) is 0 Å². The molecule has 2 atom stereocenters. The fraction of sp³-hybridized carbons (Fsp3) is 0.727. The number of rotatable bonds is 10. The predicted octanol–water partition coefficient (Wildman–Crippen LogP) is -0.0134. The molecule has 5 nitrogen and oxygen atoms in total. The van der Waals surface area contributed by atoms with Crippen molar-refractivity contribution in [3.8, 4) is 0 Å². The smallest absolute Gasteiger partial charge is 0.174 e. The molecule has 0 fully saturated rings. The zero-order valence-electron chi connectivity index (χ0n) is 10.9. The van der Waals surface area contributed by atoms with Crippen LogP contribution >= 0.6 is 0 Å². The summed E-state index contributed by atoms with van der Waals surface area (Å²) in [5.41, 5.74) is 6.24. The number of methoxy groups -OCH3 is 2. The van der Waals surface area contributed by atoms with Crippen LogP contribution in [0, 0.1) is 0 Å². The highest BCUT2D eigenvalue weighted by Crippen LogP contribution is 2.03. The van der Waals surface area contributed by atoms with Crippen LogP contribution in [0.2, 0.25) is 6.04 Å². The lowest BCUT2D eigenvalue weighted by molar-refractivity contribution is -0.116. The summed E-state index contributed by atoms with van der Waals surface area (Å²) in [7, 11) is 2.44. The Labute approximate surface area is 105 Å². The molecule has 0 aromatic heterocycles. The molecule has 2 unspecified atom stereocenters. The summed E-state index contributed by atoms with van der Waals surface area (Å²) >= 11 is 0. The first-order chi connectivity index (χ1) is 8.02. The number of carbonyl (C=O) groups is 1. The van der Waals surface area contributed by atoms with E-state index in [1.807, 2.05) is 0 Å². The topological polar surface area (TPSA) is 70.8 Å². The molecule has 0 rings (SSSR count). The molecule has 0 amide bonds. The van der Waals surface area contributed by atoms with Gasteiger partial charge < -0.3 is 19.6 Å². The van der Waals surface area contributed by atoms with Gasteiger partial charge in [0.05, 0.1) is 12.6 Å². The standard InChI is InChI=1S/C11H23NO4Si/c1-8(2)11(13)9(12)5-6-17-16-10(15-4)7-14-3/h9-10H,1,5-7,12,17H2,2-4H3. The third kappa shape index (κ3) is 7.40. The number of ether oxygens (including phenoxy) is 2. The normalized spacial score (nSPS) is 15.1. The molecule has 0 saturated heterocycles. The number of hydrogen-bond donors (Lipinski definition) is 1. The highest BCUT2D eigenvalue weighted by molar-refractivity contribution is 6.27. The summed E-state index contributed by atoms with van der Waals surface area (Å²) < 4.78 is 15.5. The Morgan fingerprint density at radius 1 is 1.47 bits per heavy atom. The van der Waals surface area contributed by atoms with Gasteiger partial charge in [-0.1, -0.05) is 6.58 Å². The van der Waals surface area contributed by atoms with Crippen molar-refractivity contribution in [1.82, 2.24) is 0 Å². The zero-order valence-corrected chi connectivity index (χ0v) is 12.3. The van der Waals surface area contributed by atoms with Gasteiger partial charge >= 0.3 is 0 Å². The number of carbonyl (C=O) groups excluding carboxylic acids is 1. The van der Waals surface area contributed by atoms with Crippen LogP contribution in [0.5, 0.6) is 0 Å². The summed E-state index contributed by atoms with van der Waals surface area (Å²) in [6.45, 7) is 5.68. The van der Waals surface area contributed by atoms with E-state index >= 15 is 0 Å². The van der Waals surface area contributed by atoms with Crippen molar-refractivity contribution in [2.24, 2.45) is 5.73 Å². The van der Waals surface area contributed by atoms with Gasteiger partial charge in [-0.15, -0.1) is 0 Å². The Balaban J connectivity index is 3.69. The average molecular weight is 261 g/mol. The molecule has 0 radical (unpaired) electrons. The van der Waals surface area contributed by atoms with Crippen LogP contribution in [-0.2, 0) is 18.7 Å². The summed E-state index contributed by atoms with van der Waals surface area (Å²) in [6.07, 6.45) is 0.334. The summed E-state index contributed by atoms with van der Waals surface area (Å²) in [4.78, 5) is 11.4. The highest BCUT2D eigenvalue weighted by Gasteiger charge is 2.14. The molecule has 0 bridgehead atoms. The van der Waals surface area contributed by atoms with Crippen LogP contribution in [0.3, 0.4) is 0 Å². The molecule has 2 N–H and O–H groups in total. The van der Waals surface area contributed by atoms with Gasteiger partial charge in [-0.2, -0.15) is 0 Å². The van der Waals surface area contributed by atoms with Gasteiger partial charge in [0.15, 0.2) is 21.8 Å². The highest BCUT2D eigenvalue weighted by atomic mass is 28.2. The molecule has 0 aliphatic carbocycles. The lowest BCUT2D eigenvalue weighted by atomic mass is 10.1. The largest absolute Gasteiger partial charge is 0.398 e. The van der Waals surface area contributed by atoms with Gasteiger partial charge in [-0.3, -0.25) is 4.79 Å². The van der Waals surface area contributed by atoms with E-state index in [0.29, 0.717) is 18.6 Å². The maximum absolute atomic E-state index is 11.4. The molecule has 6 heteroatoms. The second kappa shape index (κ2) is 9.49. The third-order valence-corrected chi connectivity index (χ3v) is 3.59. The van der Waals surface area contributed by atoms with Crippen LogP contribution in [-0.4, -0.2) is 48.7 Å². The number of hydrogen-bond acceptors (Lipinski definition) is 5. The van der Waals surface area contributed by atoms with Crippen LogP contribution < -0.4 is 5.73 Å². The fourth-order valence-corrected chi connectivity index (χ4v) is 2.55. The molecule has 0 spiro atoms. The minimum absolute atomic E-state index is 0.0702. The molecule has 0 aliphatic rings. The lowest BCUT2D eigenvalue weighted by Gasteiger charge is -2.16. The van der Waals surface area contributed by atoms with E-state index in [9.17, 15) is 4.79 Å². The molecule has 0 saturated carbocycles. The molecule has 0 aromatic carbocycles. The maximum Gasteiger partial charge on any atom is 0.174 e.